The molecule has 1 aromatic carbocycles. The second kappa shape index (κ2) is 11.3. The molecular weight excluding hydrogens is 398 g/mol. The minimum atomic E-state index is -0.0900. The van der Waals surface area contributed by atoms with Crippen molar-refractivity contribution >= 4 is 0 Å². The summed E-state index contributed by atoms with van der Waals surface area (Å²) in [7, 11) is 0. The highest BCUT2D eigenvalue weighted by Crippen LogP contribution is 2.27. The molecule has 1 fully saturated rings. The van der Waals surface area contributed by atoms with Gasteiger partial charge in [-0.25, -0.2) is 9.97 Å². The third-order valence-corrected chi connectivity index (χ3v) is 5.04. The van der Waals surface area contributed by atoms with E-state index in [2.05, 4.69) is 35.7 Å². The molecule has 2 heterocycles. The van der Waals surface area contributed by atoms with Gasteiger partial charge in [0.15, 0.2) is 0 Å². The van der Waals surface area contributed by atoms with E-state index in [1.165, 1.54) is 31.7 Å². The lowest BCUT2D eigenvalue weighted by Gasteiger charge is -2.19. The molecule has 1 aliphatic carbocycles. The molecule has 0 bridgehead atoms. The van der Waals surface area contributed by atoms with Crippen molar-refractivity contribution in [3.63, 3.8) is 0 Å². The number of rotatable bonds is 5. The summed E-state index contributed by atoms with van der Waals surface area (Å²) in [5, 5.41) is 0. The Hall–Kier alpha value is -3.39. The van der Waals surface area contributed by atoms with Gasteiger partial charge in [0.25, 0.3) is 5.56 Å². The Kier molecular flexibility index (Phi) is 8.21. The Morgan fingerprint density at radius 3 is 2.47 bits per heavy atom. The fourth-order valence-corrected chi connectivity index (χ4v) is 3.23. The summed E-state index contributed by atoms with van der Waals surface area (Å²) < 4.78 is 7.52. The van der Waals surface area contributed by atoms with Gasteiger partial charge in [0.1, 0.15) is 18.7 Å². The van der Waals surface area contributed by atoms with Crippen LogP contribution in [0, 0.1) is 24.7 Å². The zero-order valence-electron chi connectivity index (χ0n) is 19.3. The maximum absolute atomic E-state index is 12.8. The van der Waals surface area contributed by atoms with Gasteiger partial charge in [0.05, 0.1) is 11.7 Å². The molecule has 5 heteroatoms. The van der Waals surface area contributed by atoms with Crippen LogP contribution in [0.4, 0.5) is 0 Å². The highest BCUT2D eigenvalue weighted by molar-refractivity contribution is 5.38. The van der Waals surface area contributed by atoms with E-state index in [1.54, 1.807) is 16.8 Å². The summed E-state index contributed by atoms with van der Waals surface area (Å²) in [6, 6.07) is 13.3. The summed E-state index contributed by atoms with van der Waals surface area (Å²) in [6.07, 6.45) is 6.85. The Balaban J connectivity index is 0.000000913. The van der Waals surface area contributed by atoms with E-state index in [1.807, 2.05) is 44.2 Å². The predicted molar refractivity (Wildman–Crippen MR) is 128 cm³/mol. The number of nitrogens with zero attached hydrogens (tertiary/aromatic N) is 3. The molecule has 1 atom stereocenters. The maximum atomic E-state index is 12.8. The molecule has 0 saturated heterocycles. The van der Waals surface area contributed by atoms with Crippen molar-refractivity contribution in [3.05, 3.63) is 87.9 Å². The number of benzene rings is 1. The molecule has 0 aliphatic heterocycles. The molecule has 0 N–H and O–H groups in total. The second-order valence-electron chi connectivity index (χ2n) is 8.08. The molecule has 3 aromatic rings. The summed E-state index contributed by atoms with van der Waals surface area (Å²) >= 11 is 0. The molecule has 1 aliphatic rings. The van der Waals surface area contributed by atoms with Crippen molar-refractivity contribution in [3.8, 4) is 17.6 Å². The molecule has 1 saturated carbocycles. The van der Waals surface area contributed by atoms with Crippen LogP contribution in [-0.4, -0.2) is 14.5 Å². The van der Waals surface area contributed by atoms with Gasteiger partial charge in [0.2, 0.25) is 0 Å². The fraction of sp³-hybridized carbons (Fsp3) is 0.370. The lowest BCUT2D eigenvalue weighted by molar-refractivity contribution is 0.299. The van der Waals surface area contributed by atoms with Crippen molar-refractivity contribution in [1.82, 2.24) is 14.5 Å². The molecule has 0 unspecified atom stereocenters. The van der Waals surface area contributed by atoms with Crippen LogP contribution >= 0.6 is 0 Å². The largest absolute Gasteiger partial charge is 0.487 e. The van der Waals surface area contributed by atoms with Crippen LogP contribution in [0.1, 0.15) is 68.6 Å². The molecule has 32 heavy (non-hydrogen) atoms. The first kappa shape index (κ1) is 23.3. The van der Waals surface area contributed by atoms with Crippen LogP contribution in [0.15, 0.2) is 59.8 Å². The SMILES string of the molecule is CCC.Cc1cc(OCc2ccncn2)cc(=O)n1[C@H](C)c1ccc(C#CC2CC2)cc1. The lowest BCUT2D eigenvalue weighted by Crippen LogP contribution is -2.25. The van der Waals surface area contributed by atoms with E-state index in [9.17, 15) is 4.79 Å². The number of pyridine rings is 1. The average molecular weight is 430 g/mol. The predicted octanol–water partition coefficient (Wildman–Crippen LogP) is 5.31. The van der Waals surface area contributed by atoms with Crippen LogP contribution in [0.5, 0.6) is 5.75 Å². The highest BCUT2D eigenvalue weighted by atomic mass is 16.5. The van der Waals surface area contributed by atoms with Crippen molar-refractivity contribution in [2.75, 3.05) is 0 Å². The highest BCUT2D eigenvalue weighted by Gasteiger charge is 2.18. The van der Waals surface area contributed by atoms with Crippen molar-refractivity contribution in [1.29, 1.82) is 0 Å². The smallest absolute Gasteiger partial charge is 0.254 e. The minimum absolute atomic E-state index is 0.0798. The number of hydrogen-bond donors (Lipinski definition) is 0. The molecule has 0 spiro atoms. The molecule has 0 amide bonds. The zero-order chi connectivity index (χ0) is 22.9. The van der Waals surface area contributed by atoms with Gasteiger partial charge < -0.3 is 9.30 Å². The molecule has 166 valence electrons. The topological polar surface area (TPSA) is 57.0 Å². The average Bonchev–Trinajstić information content (AvgIpc) is 3.62. The van der Waals surface area contributed by atoms with Crippen molar-refractivity contribution in [2.45, 2.75) is 59.6 Å². The summed E-state index contributed by atoms with van der Waals surface area (Å²) in [6.45, 7) is 8.50. The summed E-state index contributed by atoms with van der Waals surface area (Å²) in [5.41, 5.74) is 3.61. The van der Waals surface area contributed by atoms with Gasteiger partial charge in [-0.3, -0.25) is 4.79 Å². The Bertz CT molecular complexity index is 1120. The van der Waals surface area contributed by atoms with Crippen molar-refractivity contribution < 1.29 is 4.74 Å². The normalized spacial score (nSPS) is 13.2. The van der Waals surface area contributed by atoms with E-state index in [0.29, 0.717) is 18.3 Å². The molecule has 4 rings (SSSR count). The Morgan fingerprint density at radius 2 is 1.88 bits per heavy atom. The van der Waals surface area contributed by atoms with E-state index in [-0.39, 0.29) is 11.6 Å². The minimum Gasteiger partial charge on any atom is -0.487 e. The number of aromatic nitrogens is 3. The van der Waals surface area contributed by atoms with Crippen LogP contribution in [0.3, 0.4) is 0 Å². The number of ether oxygens (including phenoxy) is 1. The van der Waals surface area contributed by atoms with E-state index in [4.69, 9.17) is 4.74 Å². The van der Waals surface area contributed by atoms with E-state index < -0.39 is 0 Å². The second-order valence-corrected chi connectivity index (χ2v) is 8.08. The number of aryl methyl sites for hydroxylation is 1. The molecular formula is C27H31N3O2. The third kappa shape index (κ3) is 6.55. The van der Waals surface area contributed by atoms with Crippen LogP contribution < -0.4 is 10.3 Å². The first-order chi connectivity index (χ1) is 15.5. The van der Waals surface area contributed by atoms with E-state index >= 15 is 0 Å². The zero-order valence-corrected chi connectivity index (χ0v) is 19.3. The standard InChI is InChI=1S/C24H23N3O2.C3H8/c1-17-13-23(29-15-22-11-12-25-16-26-22)14-24(28)27(17)18(2)21-9-7-20(8-10-21)6-5-19-3-4-19;1-3-2/h7-14,16,18-19H,3-4,15H2,1-2H3;3H2,1-2H3/t18-;/m1./s1. The van der Waals surface area contributed by atoms with Gasteiger partial charge in [-0.05, 0) is 56.5 Å². The van der Waals surface area contributed by atoms with E-state index in [0.717, 1.165) is 22.5 Å². The maximum Gasteiger partial charge on any atom is 0.254 e. The summed E-state index contributed by atoms with van der Waals surface area (Å²) in [4.78, 5) is 20.8. The quantitative estimate of drug-likeness (QED) is 0.516. The van der Waals surface area contributed by atoms with Crippen LogP contribution in [-0.2, 0) is 6.61 Å². The monoisotopic (exact) mass is 429 g/mol. The van der Waals surface area contributed by atoms with Gasteiger partial charge >= 0.3 is 0 Å². The van der Waals surface area contributed by atoms with Gasteiger partial charge in [-0.2, -0.15) is 0 Å². The van der Waals surface area contributed by atoms with Crippen LogP contribution in [0.25, 0.3) is 0 Å². The fourth-order valence-electron chi connectivity index (χ4n) is 3.23. The van der Waals surface area contributed by atoms with Gasteiger partial charge in [-0.15, -0.1) is 0 Å². The number of hydrogen-bond acceptors (Lipinski definition) is 4. The Morgan fingerprint density at radius 1 is 1.16 bits per heavy atom. The van der Waals surface area contributed by atoms with Crippen LogP contribution in [0.2, 0.25) is 0 Å². The first-order valence-electron chi connectivity index (χ1n) is 11.2. The molecule has 0 radical (unpaired) electrons. The van der Waals surface area contributed by atoms with Gasteiger partial charge in [-0.1, -0.05) is 44.2 Å². The first-order valence-corrected chi connectivity index (χ1v) is 11.2. The molecule has 2 aromatic heterocycles. The third-order valence-electron chi connectivity index (χ3n) is 5.04. The molecule has 5 nitrogen and oxygen atoms in total. The summed E-state index contributed by atoms with van der Waals surface area (Å²) in [5.74, 6) is 7.63. The van der Waals surface area contributed by atoms with Gasteiger partial charge in [0, 0.05) is 29.4 Å². The lowest BCUT2D eigenvalue weighted by atomic mass is 10.1. The van der Waals surface area contributed by atoms with Crippen molar-refractivity contribution in [2.24, 2.45) is 5.92 Å². The Labute approximate surface area is 190 Å².